The van der Waals surface area contributed by atoms with Crippen LogP contribution < -0.4 is 5.32 Å². The second-order valence-corrected chi connectivity index (χ2v) is 5.88. The summed E-state index contributed by atoms with van der Waals surface area (Å²) in [5.74, 6) is -2.05. The van der Waals surface area contributed by atoms with Gasteiger partial charge in [0.05, 0.1) is 11.6 Å². The number of anilines is 1. The van der Waals surface area contributed by atoms with E-state index in [2.05, 4.69) is 5.32 Å². The van der Waals surface area contributed by atoms with Crippen LogP contribution >= 0.6 is 0 Å². The summed E-state index contributed by atoms with van der Waals surface area (Å²) in [6.07, 6.45) is -0.272. The van der Waals surface area contributed by atoms with Crippen LogP contribution in [0.4, 0.5) is 10.1 Å². The molecule has 2 aromatic carbocycles. The van der Waals surface area contributed by atoms with Crippen LogP contribution in [-0.2, 0) is 20.9 Å². The van der Waals surface area contributed by atoms with Crippen LogP contribution in [0.15, 0.2) is 48.5 Å². The highest BCUT2D eigenvalue weighted by molar-refractivity contribution is 5.94. The zero-order chi connectivity index (χ0) is 20.5. The Balaban J connectivity index is 1.85. The standard InChI is InChI=1S/C20H18FN3O4/c1-24(12-15-4-2-3-5-17(15)21)19(26)13-28-20(27)14-6-8-16(9-7-14)23-18(25)10-11-22/h2-9H,10,12-13H2,1H3,(H,23,25). The van der Waals surface area contributed by atoms with Crippen molar-refractivity contribution < 1.29 is 23.5 Å². The molecule has 0 saturated carbocycles. The number of nitrogens with zero attached hydrogens (tertiary/aromatic N) is 2. The molecule has 0 aliphatic carbocycles. The van der Waals surface area contributed by atoms with Gasteiger partial charge in [-0.05, 0) is 30.3 Å². The molecule has 8 heteroatoms. The maximum absolute atomic E-state index is 13.6. The molecule has 2 amide bonds. The zero-order valence-electron chi connectivity index (χ0n) is 15.1. The number of nitrogens with one attached hydrogen (secondary N) is 1. The Hall–Kier alpha value is -3.73. The number of hydrogen-bond donors (Lipinski definition) is 1. The van der Waals surface area contributed by atoms with Crippen molar-refractivity contribution in [3.63, 3.8) is 0 Å². The minimum atomic E-state index is -0.706. The molecule has 0 aliphatic heterocycles. The van der Waals surface area contributed by atoms with Gasteiger partial charge in [0.1, 0.15) is 12.2 Å². The minimum absolute atomic E-state index is 0.0557. The molecular formula is C20H18FN3O4. The second kappa shape index (κ2) is 9.83. The first-order chi connectivity index (χ1) is 13.4. The van der Waals surface area contributed by atoms with Gasteiger partial charge in [-0.1, -0.05) is 18.2 Å². The maximum atomic E-state index is 13.6. The van der Waals surface area contributed by atoms with E-state index < -0.39 is 30.2 Å². The van der Waals surface area contributed by atoms with Gasteiger partial charge < -0.3 is 15.0 Å². The van der Waals surface area contributed by atoms with Crippen molar-refractivity contribution in [3.8, 4) is 6.07 Å². The summed E-state index contributed by atoms with van der Waals surface area (Å²) < 4.78 is 18.6. The lowest BCUT2D eigenvalue weighted by atomic mass is 10.2. The SMILES string of the molecule is CN(Cc1ccccc1F)C(=O)COC(=O)c1ccc(NC(=O)CC#N)cc1. The second-order valence-electron chi connectivity index (χ2n) is 5.88. The molecule has 0 spiro atoms. The number of halogens is 1. The third kappa shape index (κ3) is 5.92. The molecule has 0 atom stereocenters. The van der Waals surface area contributed by atoms with Gasteiger partial charge in [-0.2, -0.15) is 5.26 Å². The lowest BCUT2D eigenvalue weighted by molar-refractivity contribution is -0.133. The van der Waals surface area contributed by atoms with Gasteiger partial charge in [0.2, 0.25) is 5.91 Å². The first-order valence-electron chi connectivity index (χ1n) is 8.32. The number of hydrogen-bond acceptors (Lipinski definition) is 5. The number of carbonyl (C=O) groups excluding carboxylic acids is 3. The van der Waals surface area contributed by atoms with E-state index in [1.54, 1.807) is 24.3 Å². The topological polar surface area (TPSA) is 99.5 Å². The van der Waals surface area contributed by atoms with Crippen molar-refractivity contribution in [1.29, 1.82) is 5.26 Å². The highest BCUT2D eigenvalue weighted by atomic mass is 19.1. The molecule has 0 aromatic heterocycles. The Morgan fingerprint density at radius 1 is 1.14 bits per heavy atom. The molecule has 28 heavy (non-hydrogen) atoms. The van der Waals surface area contributed by atoms with Crippen LogP contribution in [0.25, 0.3) is 0 Å². The van der Waals surface area contributed by atoms with Crippen molar-refractivity contribution in [2.45, 2.75) is 13.0 Å². The highest BCUT2D eigenvalue weighted by Gasteiger charge is 2.15. The van der Waals surface area contributed by atoms with E-state index in [-0.39, 0.29) is 18.5 Å². The number of esters is 1. The van der Waals surface area contributed by atoms with Gasteiger partial charge in [0.25, 0.3) is 5.91 Å². The molecule has 0 fully saturated rings. The summed E-state index contributed by atoms with van der Waals surface area (Å²) in [5, 5.41) is 10.9. The number of rotatable bonds is 7. The van der Waals surface area contributed by atoms with E-state index >= 15 is 0 Å². The van der Waals surface area contributed by atoms with Gasteiger partial charge in [-0.3, -0.25) is 9.59 Å². The third-order valence-electron chi connectivity index (χ3n) is 3.76. The average molecular weight is 383 g/mol. The van der Waals surface area contributed by atoms with Crippen LogP contribution in [0.5, 0.6) is 0 Å². The molecule has 0 bridgehead atoms. The lowest BCUT2D eigenvalue weighted by Gasteiger charge is -2.17. The molecule has 0 aliphatic rings. The maximum Gasteiger partial charge on any atom is 0.338 e. The monoisotopic (exact) mass is 383 g/mol. The number of benzene rings is 2. The molecule has 0 unspecified atom stereocenters. The first kappa shape index (κ1) is 20.6. The Bertz CT molecular complexity index is 906. The molecule has 0 radical (unpaired) electrons. The van der Waals surface area contributed by atoms with Crippen LogP contribution in [0, 0.1) is 17.1 Å². The van der Waals surface area contributed by atoms with E-state index in [4.69, 9.17) is 10.00 Å². The summed E-state index contributed by atoms with van der Waals surface area (Å²) in [4.78, 5) is 36.7. The fourth-order valence-corrected chi connectivity index (χ4v) is 2.26. The fourth-order valence-electron chi connectivity index (χ4n) is 2.26. The van der Waals surface area contributed by atoms with Gasteiger partial charge >= 0.3 is 5.97 Å². The molecule has 0 saturated heterocycles. The molecule has 7 nitrogen and oxygen atoms in total. The summed E-state index contributed by atoms with van der Waals surface area (Å²) in [6.45, 7) is -0.426. The summed E-state index contributed by atoms with van der Waals surface area (Å²) in [7, 11) is 1.49. The van der Waals surface area contributed by atoms with Crippen molar-refractivity contribution in [2.24, 2.45) is 0 Å². The van der Waals surface area contributed by atoms with Crippen LogP contribution in [0.1, 0.15) is 22.3 Å². The summed E-state index contributed by atoms with van der Waals surface area (Å²) in [6, 6.07) is 13.7. The quantitative estimate of drug-likeness (QED) is 0.741. The largest absolute Gasteiger partial charge is 0.452 e. The van der Waals surface area contributed by atoms with Gasteiger partial charge in [0.15, 0.2) is 6.61 Å². The first-order valence-corrected chi connectivity index (χ1v) is 8.32. The smallest absolute Gasteiger partial charge is 0.338 e. The number of nitriles is 1. The molecule has 1 N–H and O–H groups in total. The Labute approximate surface area is 161 Å². The number of likely N-dealkylation sites (N-methyl/N-ethyl adjacent to an activating group) is 1. The normalized spacial score (nSPS) is 9.89. The van der Waals surface area contributed by atoms with E-state index in [1.807, 2.05) is 0 Å². The van der Waals surface area contributed by atoms with E-state index in [0.717, 1.165) is 0 Å². The molecule has 2 aromatic rings. The van der Waals surface area contributed by atoms with Crippen LogP contribution in [0.2, 0.25) is 0 Å². The van der Waals surface area contributed by atoms with E-state index in [0.29, 0.717) is 11.3 Å². The van der Waals surface area contributed by atoms with Crippen molar-refractivity contribution in [2.75, 3.05) is 19.0 Å². The lowest BCUT2D eigenvalue weighted by Crippen LogP contribution is -2.31. The van der Waals surface area contributed by atoms with Crippen molar-refractivity contribution in [1.82, 2.24) is 4.90 Å². The fraction of sp³-hybridized carbons (Fsp3) is 0.200. The molecular weight excluding hydrogens is 365 g/mol. The highest BCUT2D eigenvalue weighted by Crippen LogP contribution is 2.12. The number of carbonyl (C=O) groups is 3. The zero-order valence-corrected chi connectivity index (χ0v) is 15.1. The van der Waals surface area contributed by atoms with Crippen molar-refractivity contribution in [3.05, 3.63) is 65.5 Å². The molecule has 0 heterocycles. The van der Waals surface area contributed by atoms with Crippen LogP contribution in [0.3, 0.4) is 0 Å². The van der Waals surface area contributed by atoms with Gasteiger partial charge in [0, 0.05) is 24.8 Å². The molecule has 2 rings (SSSR count). The van der Waals surface area contributed by atoms with Crippen molar-refractivity contribution >= 4 is 23.5 Å². The Morgan fingerprint density at radius 3 is 2.46 bits per heavy atom. The summed E-state index contributed by atoms with van der Waals surface area (Å²) in [5.41, 5.74) is 0.985. The van der Waals surface area contributed by atoms with E-state index in [1.165, 1.54) is 42.3 Å². The Morgan fingerprint density at radius 2 is 1.82 bits per heavy atom. The van der Waals surface area contributed by atoms with E-state index in [9.17, 15) is 18.8 Å². The predicted molar refractivity (Wildman–Crippen MR) is 98.5 cm³/mol. The number of amides is 2. The van der Waals surface area contributed by atoms with Gasteiger partial charge in [-0.25, -0.2) is 9.18 Å². The number of ether oxygens (including phenoxy) is 1. The third-order valence-corrected chi connectivity index (χ3v) is 3.76. The summed E-state index contributed by atoms with van der Waals surface area (Å²) >= 11 is 0. The minimum Gasteiger partial charge on any atom is -0.452 e. The molecule has 144 valence electrons. The average Bonchev–Trinajstić information content (AvgIpc) is 2.68. The van der Waals surface area contributed by atoms with Gasteiger partial charge in [-0.15, -0.1) is 0 Å². The van der Waals surface area contributed by atoms with Crippen LogP contribution in [-0.4, -0.2) is 36.3 Å². The predicted octanol–water partition coefficient (Wildman–Crippen LogP) is 2.49. The Kier molecular flexibility index (Phi) is 7.22.